The zero-order valence-electron chi connectivity index (χ0n) is 15.8. The van der Waals surface area contributed by atoms with Crippen LogP contribution in [0.1, 0.15) is 36.0 Å². The van der Waals surface area contributed by atoms with Gasteiger partial charge in [0.05, 0.1) is 0 Å². The van der Waals surface area contributed by atoms with Crippen molar-refractivity contribution in [3.05, 3.63) is 45.7 Å². The first-order valence-corrected chi connectivity index (χ1v) is 10.4. The molecular weight excluding hydrogens is 453 g/mol. The molecule has 0 saturated heterocycles. The van der Waals surface area contributed by atoms with Crippen LogP contribution in [0.5, 0.6) is 0 Å². The highest BCUT2D eigenvalue weighted by Gasteiger charge is 2.22. The molecule has 1 heterocycles. The third-order valence-electron chi connectivity index (χ3n) is 4.94. The second-order valence-electron chi connectivity index (χ2n) is 7.21. The molecule has 2 N–H and O–H groups in total. The first-order chi connectivity index (χ1) is 13.0. The van der Waals surface area contributed by atoms with Crippen molar-refractivity contribution in [3.8, 4) is 0 Å². The molecule has 3 rings (SSSR count). The van der Waals surface area contributed by atoms with Gasteiger partial charge >= 0.3 is 0 Å². The Morgan fingerprint density at radius 3 is 2.52 bits per heavy atom. The van der Waals surface area contributed by atoms with Crippen LogP contribution in [0.3, 0.4) is 0 Å². The average molecular weight is 479 g/mol. The zero-order valence-corrected chi connectivity index (χ0v) is 17.9. The largest absolute Gasteiger partial charge is 0.363 e. The van der Waals surface area contributed by atoms with E-state index in [4.69, 9.17) is 0 Å². The van der Waals surface area contributed by atoms with E-state index in [1.54, 1.807) is 6.20 Å². The molecule has 1 aliphatic rings. The fourth-order valence-corrected chi connectivity index (χ4v) is 3.66. The summed E-state index contributed by atoms with van der Waals surface area (Å²) in [5, 5.41) is 6.54. The Hall–Kier alpha value is -1.90. The maximum atomic E-state index is 12.2. The van der Waals surface area contributed by atoms with E-state index in [-0.39, 0.29) is 5.91 Å². The van der Waals surface area contributed by atoms with Crippen LogP contribution in [0.2, 0.25) is 0 Å². The molecule has 0 atom stereocenters. The van der Waals surface area contributed by atoms with Gasteiger partial charge in [0, 0.05) is 42.0 Å². The number of hydrogen-bond donors (Lipinski definition) is 2. The normalized spacial score (nSPS) is 19.4. The first kappa shape index (κ1) is 19.9. The highest BCUT2D eigenvalue weighted by Crippen LogP contribution is 2.26. The molecule has 0 spiro atoms. The lowest BCUT2D eigenvalue weighted by Crippen LogP contribution is -2.34. The summed E-state index contributed by atoms with van der Waals surface area (Å²) in [6, 6.07) is 9.96. The molecular formula is C20H26IN5O. The van der Waals surface area contributed by atoms with Crippen molar-refractivity contribution in [2.75, 3.05) is 30.9 Å². The van der Waals surface area contributed by atoms with Crippen LogP contribution in [0.4, 0.5) is 11.8 Å². The number of hydrogen-bond acceptors (Lipinski definition) is 5. The molecule has 1 saturated carbocycles. The molecule has 1 fully saturated rings. The summed E-state index contributed by atoms with van der Waals surface area (Å²) >= 11 is 2.24. The van der Waals surface area contributed by atoms with E-state index in [9.17, 15) is 4.79 Å². The quantitative estimate of drug-likeness (QED) is 0.621. The summed E-state index contributed by atoms with van der Waals surface area (Å²) < 4.78 is 1.13. The third kappa shape index (κ3) is 5.79. The van der Waals surface area contributed by atoms with Gasteiger partial charge in [0.1, 0.15) is 5.82 Å². The fraction of sp³-hybridized carbons (Fsp3) is 0.450. The molecule has 0 aliphatic heterocycles. The lowest BCUT2D eigenvalue weighted by molar-refractivity contribution is 0.0943. The number of anilines is 2. The minimum absolute atomic E-state index is 0.0144. The molecule has 144 valence electrons. The standard InChI is InChI=1S/C20H26IN5O/c1-26(2)18-11-12-22-20(25-18)24-17-9-3-14(4-10-17)13-23-19(27)15-5-7-16(21)8-6-15/h5-8,11-12,14,17H,3-4,9-10,13H2,1-2H3,(H,23,27)(H,22,24,25). The Kier molecular flexibility index (Phi) is 6.87. The van der Waals surface area contributed by atoms with Gasteiger partial charge in [0.25, 0.3) is 5.91 Å². The van der Waals surface area contributed by atoms with Crippen molar-refractivity contribution < 1.29 is 4.79 Å². The maximum Gasteiger partial charge on any atom is 0.251 e. The minimum atomic E-state index is 0.0144. The number of nitrogens with zero attached hydrogens (tertiary/aromatic N) is 3. The van der Waals surface area contributed by atoms with Crippen LogP contribution < -0.4 is 15.5 Å². The van der Waals surface area contributed by atoms with Crippen LogP contribution in [-0.2, 0) is 0 Å². The summed E-state index contributed by atoms with van der Waals surface area (Å²) in [7, 11) is 3.95. The lowest BCUT2D eigenvalue weighted by atomic mass is 9.86. The number of halogens is 1. The van der Waals surface area contributed by atoms with E-state index < -0.39 is 0 Å². The predicted molar refractivity (Wildman–Crippen MR) is 117 cm³/mol. The van der Waals surface area contributed by atoms with Crippen molar-refractivity contribution in [1.82, 2.24) is 15.3 Å². The van der Waals surface area contributed by atoms with Crippen molar-refractivity contribution >= 4 is 40.3 Å². The molecule has 1 amide bonds. The Morgan fingerprint density at radius 1 is 1.15 bits per heavy atom. The van der Waals surface area contributed by atoms with E-state index in [0.29, 0.717) is 17.9 Å². The van der Waals surface area contributed by atoms with E-state index >= 15 is 0 Å². The summed E-state index contributed by atoms with van der Waals surface area (Å²) in [4.78, 5) is 23.1. The summed E-state index contributed by atoms with van der Waals surface area (Å²) in [6.45, 7) is 0.740. The first-order valence-electron chi connectivity index (χ1n) is 9.32. The molecule has 1 aromatic carbocycles. The molecule has 0 unspecified atom stereocenters. The number of benzene rings is 1. The topological polar surface area (TPSA) is 70.2 Å². The van der Waals surface area contributed by atoms with E-state index in [1.165, 1.54) is 0 Å². The van der Waals surface area contributed by atoms with E-state index in [0.717, 1.165) is 47.2 Å². The maximum absolute atomic E-state index is 12.2. The number of carbonyl (C=O) groups excluding carboxylic acids is 1. The number of carbonyl (C=O) groups is 1. The predicted octanol–water partition coefficient (Wildman–Crippen LogP) is 3.55. The van der Waals surface area contributed by atoms with Gasteiger partial charge < -0.3 is 15.5 Å². The fourth-order valence-electron chi connectivity index (χ4n) is 3.30. The van der Waals surface area contributed by atoms with Gasteiger partial charge in [0.15, 0.2) is 0 Å². The monoisotopic (exact) mass is 479 g/mol. The Labute approximate surface area is 174 Å². The van der Waals surface area contributed by atoms with Crippen molar-refractivity contribution in [2.24, 2.45) is 5.92 Å². The minimum Gasteiger partial charge on any atom is -0.363 e. The SMILES string of the molecule is CN(C)c1ccnc(NC2CCC(CNC(=O)c3ccc(I)cc3)CC2)n1. The molecule has 1 aromatic heterocycles. The smallest absolute Gasteiger partial charge is 0.251 e. The van der Waals surface area contributed by atoms with Gasteiger partial charge in [0.2, 0.25) is 5.95 Å². The van der Waals surface area contributed by atoms with Gasteiger partial charge in [-0.3, -0.25) is 4.79 Å². The third-order valence-corrected chi connectivity index (χ3v) is 5.66. The second-order valence-corrected chi connectivity index (χ2v) is 8.46. The molecule has 27 heavy (non-hydrogen) atoms. The van der Waals surface area contributed by atoms with Gasteiger partial charge in [-0.15, -0.1) is 0 Å². The molecule has 7 heteroatoms. The van der Waals surface area contributed by atoms with Gasteiger partial charge in [-0.25, -0.2) is 4.98 Å². The van der Waals surface area contributed by atoms with Gasteiger partial charge in [-0.05, 0) is 84.5 Å². The number of amides is 1. The van der Waals surface area contributed by atoms with E-state index in [1.807, 2.05) is 49.3 Å². The summed E-state index contributed by atoms with van der Waals surface area (Å²) in [5.74, 6) is 2.14. The number of rotatable bonds is 6. The van der Waals surface area contributed by atoms with Crippen molar-refractivity contribution in [3.63, 3.8) is 0 Å². The van der Waals surface area contributed by atoms with Crippen LogP contribution in [0.25, 0.3) is 0 Å². The zero-order chi connectivity index (χ0) is 19.2. The molecule has 0 bridgehead atoms. The van der Waals surface area contributed by atoms with Crippen molar-refractivity contribution in [1.29, 1.82) is 0 Å². The Bertz CT molecular complexity index is 757. The summed E-state index contributed by atoms with van der Waals surface area (Å²) in [5.41, 5.74) is 0.726. The molecule has 2 aromatic rings. The molecule has 1 aliphatic carbocycles. The lowest BCUT2D eigenvalue weighted by Gasteiger charge is -2.29. The van der Waals surface area contributed by atoms with Crippen LogP contribution >= 0.6 is 22.6 Å². The van der Waals surface area contributed by atoms with Gasteiger partial charge in [-0.1, -0.05) is 0 Å². The number of aromatic nitrogens is 2. The van der Waals surface area contributed by atoms with Crippen LogP contribution in [0.15, 0.2) is 36.5 Å². The van der Waals surface area contributed by atoms with Gasteiger partial charge in [-0.2, -0.15) is 4.98 Å². The number of nitrogens with one attached hydrogen (secondary N) is 2. The van der Waals surface area contributed by atoms with Crippen LogP contribution in [-0.4, -0.2) is 42.6 Å². The van der Waals surface area contributed by atoms with Crippen LogP contribution in [0, 0.1) is 9.49 Å². The second kappa shape index (κ2) is 9.34. The Balaban J connectivity index is 1.43. The average Bonchev–Trinajstić information content (AvgIpc) is 2.68. The van der Waals surface area contributed by atoms with E-state index in [2.05, 4.69) is 43.2 Å². The Morgan fingerprint density at radius 2 is 1.85 bits per heavy atom. The molecule has 6 nitrogen and oxygen atoms in total. The molecule has 0 radical (unpaired) electrons. The highest BCUT2D eigenvalue weighted by molar-refractivity contribution is 14.1. The van der Waals surface area contributed by atoms with Crippen molar-refractivity contribution in [2.45, 2.75) is 31.7 Å². The highest BCUT2D eigenvalue weighted by atomic mass is 127. The summed E-state index contributed by atoms with van der Waals surface area (Å²) in [6.07, 6.45) is 6.12.